The van der Waals surface area contributed by atoms with E-state index in [1.807, 2.05) is 0 Å². The number of carbonyl (C=O) groups is 3. The smallest absolute Gasteiger partial charge is 0.353 e. The summed E-state index contributed by atoms with van der Waals surface area (Å²) in [5.41, 5.74) is 5.83. The zero-order chi connectivity index (χ0) is 27.0. The van der Waals surface area contributed by atoms with E-state index in [9.17, 15) is 19.5 Å². The van der Waals surface area contributed by atoms with Gasteiger partial charge in [-0.25, -0.2) is 9.78 Å². The molecule has 9 nitrogen and oxygen atoms in total. The molecule has 0 bridgehead atoms. The molecular formula is C22H21Cl2N5O4S4. The summed E-state index contributed by atoms with van der Waals surface area (Å²) in [6.45, 7) is 3.89. The van der Waals surface area contributed by atoms with Crippen molar-refractivity contribution in [1.29, 1.82) is 0 Å². The topological polar surface area (TPSA) is 129 Å². The predicted molar refractivity (Wildman–Crippen MR) is 153 cm³/mol. The molecule has 0 saturated carbocycles. The van der Waals surface area contributed by atoms with Gasteiger partial charge >= 0.3 is 5.97 Å². The van der Waals surface area contributed by atoms with E-state index in [0.717, 1.165) is 4.90 Å². The van der Waals surface area contributed by atoms with Crippen molar-refractivity contribution in [2.24, 2.45) is 5.73 Å². The van der Waals surface area contributed by atoms with Crippen LogP contribution < -0.4 is 16.0 Å². The fourth-order valence-corrected chi connectivity index (χ4v) is 8.52. The number of thiazole rings is 1. The SMILES string of the molecule is CC(=O)NC1SC2C(Sc3ccc(Cl)c(Cl)c3)C(=O)N2C(C(=O)O)=C1c1cnc(N(CCN)C(C)=S)s1. The number of hydrogen-bond acceptors (Lipinski definition) is 9. The summed E-state index contributed by atoms with van der Waals surface area (Å²) in [6.07, 6.45) is 1.53. The van der Waals surface area contributed by atoms with Crippen LogP contribution in [0.3, 0.4) is 0 Å². The third kappa shape index (κ3) is 5.63. The van der Waals surface area contributed by atoms with Crippen molar-refractivity contribution in [1.82, 2.24) is 15.2 Å². The minimum atomic E-state index is -1.28. The third-order valence-corrected chi connectivity index (χ3v) is 10.3. The van der Waals surface area contributed by atoms with Crippen LogP contribution in [0.25, 0.3) is 5.57 Å². The van der Waals surface area contributed by atoms with Crippen LogP contribution in [0.15, 0.2) is 35.0 Å². The zero-order valence-electron chi connectivity index (χ0n) is 19.4. The lowest BCUT2D eigenvalue weighted by Gasteiger charge is -2.51. The summed E-state index contributed by atoms with van der Waals surface area (Å²) in [5.74, 6) is -1.97. The summed E-state index contributed by atoms with van der Waals surface area (Å²) < 4.78 is 0. The van der Waals surface area contributed by atoms with Gasteiger partial charge < -0.3 is 21.1 Å². The van der Waals surface area contributed by atoms with Crippen molar-refractivity contribution in [2.75, 3.05) is 18.0 Å². The average Bonchev–Trinajstić information content (AvgIpc) is 3.30. The quantitative estimate of drug-likeness (QED) is 0.296. The van der Waals surface area contributed by atoms with Crippen LogP contribution in [0.2, 0.25) is 10.0 Å². The number of carboxylic acid groups (broad SMARTS) is 1. The first kappa shape index (κ1) is 28.1. The normalized spacial score (nSPS) is 20.8. The summed E-state index contributed by atoms with van der Waals surface area (Å²) in [7, 11) is 0. The van der Waals surface area contributed by atoms with Crippen molar-refractivity contribution in [2.45, 2.75) is 34.7 Å². The number of nitrogens with zero attached hydrogens (tertiary/aromatic N) is 3. The highest BCUT2D eigenvalue weighted by Crippen LogP contribution is 2.52. The van der Waals surface area contributed by atoms with Gasteiger partial charge in [0.15, 0.2) is 5.13 Å². The Labute approximate surface area is 240 Å². The van der Waals surface area contributed by atoms with E-state index in [1.54, 1.807) is 30.0 Å². The summed E-state index contributed by atoms with van der Waals surface area (Å²) in [5, 5.41) is 12.5. The molecule has 1 aromatic carbocycles. The molecule has 3 unspecified atom stereocenters. The van der Waals surface area contributed by atoms with E-state index in [-0.39, 0.29) is 17.5 Å². The molecule has 2 aliphatic rings. The molecule has 0 aliphatic carbocycles. The first-order valence-electron chi connectivity index (χ1n) is 10.8. The molecule has 3 atom stereocenters. The molecule has 2 aromatic rings. The lowest BCUT2D eigenvalue weighted by molar-refractivity contribution is -0.145. The predicted octanol–water partition coefficient (Wildman–Crippen LogP) is 3.90. The van der Waals surface area contributed by atoms with Crippen LogP contribution in [-0.2, 0) is 14.4 Å². The summed E-state index contributed by atoms with van der Waals surface area (Å²) >= 11 is 21.2. The van der Waals surface area contributed by atoms with Gasteiger partial charge in [0.1, 0.15) is 21.7 Å². The molecule has 196 valence electrons. The number of β-lactam (4-membered cyclic amide) rings is 1. The summed E-state index contributed by atoms with van der Waals surface area (Å²) in [6, 6.07) is 5.04. The van der Waals surface area contributed by atoms with Crippen LogP contribution >= 0.6 is 70.3 Å². The highest BCUT2D eigenvalue weighted by molar-refractivity contribution is 8.05. The number of carbonyl (C=O) groups excluding carboxylic acids is 2. The summed E-state index contributed by atoms with van der Waals surface area (Å²) in [4.78, 5) is 47.1. The lowest BCUT2D eigenvalue weighted by atomic mass is 10.0. The van der Waals surface area contributed by atoms with Crippen LogP contribution in [0.5, 0.6) is 0 Å². The van der Waals surface area contributed by atoms with E-state index in [4.69, 9.17) is 41.2 Å². The van der Waals surface area contributed by atoms with Gasteiger partial charge in [-0.05, 0) is 25.1 Å². The molecule has 15 heteroatoms. The van der Waals surface area contributed by atoms with Gasteiger partial charge in [0.2, 0.25) is 11.8 Å². The van der Waals surface area contributed by atoms with Crippen LogP contribution in [0.1, 0.15) is 18.7 Å². The first-order chi connectivity index (χ1) is 17.5. The van der Waals surface area contributed by atoms with Crippen molar-refractivity contribution < 1.29 is 19.5 Å². The molecule has 1 fully saturated rings. The number of nitrogens with one attached hydrogen (secondary N) is 1. The second-order valence-electron chi connectivity index (χ2n) is 7.96. The Morgan fingerprint density at radius 1 is 1.32 bits per heavy atom. The van der Waals surface area contributed by atoms with Gasteiger partial charge in [-0.3, -0.25) is 14.5 Å². The maximum absolute atomic E-state index is 13.3. The van der Waals surface area contributed by atoms with Crippen LogP contribution in [0.4, 0.5) is 5.13 Å². The van der Waals surface area contributed by atoms with E-state index >= 15 is 0 Å². The number of benzene rings is 1. The molecule has 2 amide bonds. The van der Waals surface area contributed by atoms with Gasteiger partial charge in [-0.2, -0.15) is 0 Å². The van der Waals surface area contributed by atoms with Gasteiger partial charge in [0.05, 0.1) is 19.9 Å². The average molecular weight is 619 g/mol. The Morgan fingerprint density at radius 2 is 2.05 bits per heavy atom. The Kier molecular flexibility index (Phi) is 8.73. The number of aromatic nitrogens is 1. The number of thiocarbonyl (C=S) groups is 1. The van der Waals surface area contributed by atoms with E-state index in [0.29, 0.717) is 43.7 Å². The number of amides is 2. The molecule has 4 N–H and O–H groups in total. The largest absolute Gasteiger partial charge is 0.477 e. The number of rotatable bonds is 8. The van der Waals surface area contributed by atoms with Crippen molar-refractivity contribution >= 4 is 104 Å². The second kappa shape index (κ2) is 11.5. The Bertz CT molecular complexity index is 1320. The van der Waals surface area contributed by atoms with Crippen molar-refractivity contribution in [3.8, 4) is 0 Å². The second-order valence-corrected chi connectivity index (χ2v) is 12.8. The highest BCUT2D eigenvalue weighted by Gasteiger charge is 2.56. The lowest BCUT2D eigenvalue weighted by Crippen LogP contribution is -2.65. The molecule has 4 rings (SSSR count). The Balaban J connectivity index is 1.73. The number of halogens is 2. The number of carboxylic acids is 1. The molecule has 3 heterocycles. The monoisotopic (exact) mass is 617 g/mol. The molecule has 37 heavy (non-hydrogen) atoms. The molecule has 1 aromatic heterocycles. The van der Waals surface area contributed by atoms with Gasteiger partial charge in [-0.1, -0.05) is 46.8 Å². The third-order valence-electron chi connectivity index (χ3n) is 5.44. The van der Waals surface area contributed by atoms with Crippen LogP contribution in [-0.4, -0.2) is 66.8 Å². The molecule has 0 spiro atoms. The van der Waals surface area contributed by atoms with Crippen LogP contribution in [0, 0.1) is 0 Å². The Morgan fingerprint density at radius 3 is 2.65 bits per heavy atom. The molecule has 2 aliphatic heterocycles. The number of fused-ring (bicyclic) bond motifs is 1. The van der Waals surface area contributed by atoms with Gasteiger partial charge in [0.25, 0.3) is 0 Å². The molecule has 0 radical (unpaired) electrons. The minimum Gasteiger partial charge on any atom is -0.477 e. The number of nitrogens with two attached hydrogens (primary N) is 1. The minimum absolute atomic E-state index is 0.182. The standard InChI is InChI=1S/C22H21Cl2N5O4S4/c1-9(30)27-18-15(14-8-26-22(36-14)28(6-5-25)10(2)34)16(21(32)33)29-19(31)17(20(29)37-18)35-11-3-4-12(23)13(24)7-11/h3-4,7-8,17-18,20H,5-6,25H2,1-2H3,(H,27,30)(H,32,33). The van der Waals surface area contributed by atoms with Gasteiger partial charge in [0, 0.05) is 36.7 Å². The Hall–Kier alpha value is -1.87. The first-order valence-corrected chi connectivity index (χ1v) is 14.6. The maximum atomic E-state index is 13.3. The van der Waals surface area contributed by atoms with E-state index < -0.39 is 22.0 Å². The number of hydrogen-bond donors (Lipinski definition) is 3. The number of anilines is 1. The molecule has 1 saturated heterocycles. The zero-order valence-corrected chi connectivity index (χ0v) is 24.2. The maximum Gasteiger partial charge on any atom is 0.353 e. The molecular weight excluding hydrogens is 597 g/mol. The fraction of sp³-hybridized carbons (Fsp3) is 0.318. The highest BCUT2D eigenvalue weighted by atomic mass is 35.5. The fourth-order valence-electron chi connectivity index (χ4n) is 3.86. The van der Waals surface area contributed by atoms with Crippen molar-refractivity contribution in [3.05, 3.63) is 45.0 Å². The van der Waals surface area contributed by atoms with Gasteiger partial charge in [-0.15, -0.1) is 23.5 Å². The number of aliphatic carboxylic acids is 1. The van der Waals surface area contributed by atoms with E-state index in [2.05, 4.69) is 10.3 Å². The van der Waals surface area contributed by atoms with E-state index in [1.165, 1.54) is 52.9 Å². The number of thioether (sulfide) groups is 2. The van der Waals surface area contributed by atoms with Crippen molar-refractivity contribution in [3.63, 3.8) is 0 Å².